The van der Waals surface area contributed by atoms with Gasteiger partial charge in [0.25, 0.3) is 0 Å². The van der Waals surface area contributed by atoms with E-state index in [4.69, 9.17) is 4.42 Å². The van der Waals surface area contributed by atoms with Crippen LogP contribution in [0.2, 0.25) is 0 Å². The van der Waals surface area contributed by atoms with Crippen molar-refractivity contribution >= 4 is 11.7 Å². The van der Waals surface area contributed by atoms with Gasteiger partial charge in [-0.05, 0) is 30.7 Å². The lowest BCUT2D eigenvalue weighted by Crippen LogP contribution is -2.20. The van der Waals surface area contributed by atoms with Crippen molar-refractivity contribution in [3.63, 3.8) is 0 Å². The Kier molecular flexibility index (Phi) is 3.37. The molecule has 0 spiro atoms. The minimum Gasteiger partial charge on any atom is -0.478 e. The molecule has 2 aromatic rings. The normalized spacial score (nSPS) is 10.3. The van der Waals surface area contributed by atoms with Crippen molar-refractivity contribution in [2.45, 2.75) is 13.5 Å². The van der Waals surface area contributed by atoms with Gasteiger partial charge in [-0.3, -0.25) is 0 Å². The molecule has 0 aliphatic carbocycles. The number of carbonyl (C=O) groups is 1. The van der Waals surface area contributed by atoms with Crippen molar-refractivity contribution in [3.8, 4) is 0 Å². The van der Waals surface area contributed by atoms with E-state index in [0.717, 1.165) is 17.0 Å². The summed E-state index contributed by atoms with van der Waals surface area (Å²) in [5, 5.41) is 9.21. The Morgan fingerprint density at radius 3 is 2.72 bits per heavy atom. The number of anilines is 1. The molecular formula is C14H15NO3. The minimum absolute atomic E-state index is 0.309. The van der Waals surface area contributed by atoms with Crippen LogP contribution in [-0.4, -0.2) is 18.1 Å². The summed E-state index contributed by atoms with van der Waals surface area (Å²) in [4.78, 5) is 13.1. The fraction of sp³-hybridized carbons (Fsp3) is 0.214. The summed E-state index contributed by atoms with van der Waals surface area (Å²) >= 11 is 0. The van der Waals surface area contributed by atoms with Gasteiger partial charge < -0.3 is 14.4 Å². The molecule has 0 fully saturated rings. The van der Waals surface area contributed by atoms with E-state index in [9.17, 15) is 9.90 Å². The van der Waals surface area contributed by atoms with E-state index in [1.165, 1.54) is 0 Å². The van der Waals surface area contributed by atoms with Crippen LogP contribution in [0.4, 0.5) is 5.69 Å². The zero-order valence-corrected chi connectivity index (χ0v) is 10.4. The number of furan rings is 1. The molecule has 1 aromatic carbocycles. The Hall–Kier alpha value is -2.23. The van der Waals surface area contributed by atoms with Crippen molar-refractivity contribution in [3.05, 3.63) is 53.5 Å². The highest BCUT2D eigenvalue weighted by Crippen LogP contribution is 2.25. The molecule has 1 N–H and O–H groups in total. The van der Waals surface area contributed by atoms with Crippen LogP contribution in [0.15, 0.2) is 41.0 Å². The molecule has 94 valence electrons. The van der Waals surface area contributed by atoms with E-state index in [1.807, 2.05) is 37.1 Å². The van der Waals surface area contributed by atoms with Crippen LogP contribution in [-0.2, 0) is 6.54 Å². The lowest BCUT2D eigenvalue weighted by Gasteiger charge is -2.22. The Morgan fingerprint density at radius 1 is 1.33 bits per heavy atom. The molecular weight excluding hydrogens is 230 g/mol. The van der Waals surface area contributed by atoms with Crippen LogP contribution < -0.4 is 4.90 Å². The molecule has 4 nitrogen and oxygen atoms in total. The topological polar surface area (TPSA) is 53.7 Å². The number of rotatable bonds is 4. The van der Waals surface area contributed by atoms with Gasteiger partial charge in [-0.15, -0.1) is 0 Å². The summed E-state index contributed by atoms with van der Waals surface area (Å²) in [6.07, 6.45) is 1.61. The third kappa shape index (κ3) is 2.37. The number of para-hydroxylation sites is 1. The van der Waals surface area contributed by atoms with Crippen LogP contribution in [0.5, 0.6) is 0 Å². The van der Waals surface area contributed by atoms with Gasteiger partial charge in [-0.2, -0.15) is 0 Å². The highest BCUT2D eigenvalue weighted by molar-refractivity contribution is 5.95. The summed E-state index contributed by atoms with van der Waals surface area (Å²) in [5.74, 6) is -0.114. The van der Waals surface area contributed by atoms with Gasteiger partial charge in [-0.1, -0.05) is 12.1 Å². The Morgan fingerprint density at radius 2 is 2.11 bits per heavy atom. The van der Waals surface area contributed by atoms with E-state index in [1.54, 1.807) is 18.4 Å². The number of aryl methyl sites for hydroxylation is 1. The summed E-state index contributed by atoms with van der Waals surface area (Å²) in [6.45, 7) is 2.44. The first-order valence-corrected chi connectivity index (χ1v) is 5.66. The first-order chi connectivity index (χ1) is 8.59. The zero-order valence-electron chi connectivity index (χ0n) is 10.4. The third-order valence-corrected chi connectivity index (χ3v) is 2.82. The lowest BCUT2D eigenvalue weighted by atomic mass is 10.1. The maximum Gasteiger partial charge on any atom is 0.337 e. The zero-order chi connectivity index (χ0) is 13.1. The van der Waals surface area contributed by atoms with Gasteiger partial charge in [-0.25, -0.2) is 4.79 Å². The van der Waals surface area contributed by atoms with E-state index in [-0.39, 0.29) is 0 Å². The van der Waals surface area contributed by atoms with Crippen LogP contribution in [0.3, 0.4) is 0 Å². The molecule has 2 rings (SSSR count). The standard InChI is InChI=1S/C14H15NO3/c1-10-5-3-7-12(14(16)17)13(10)15(2)9-11-6-4-8-18-11/h3-8H,9H2,1-2H3,(H,16,17). The maximum atomic E-state index is 11.2. The van der Waals surface area contributed by atoms with Crippen molar-refractivity contribution in [2.75, 3.05) is 11.9 Å². The second-order valence-corrected chi connectivity index (χ2v) is 4.21. The highest BCUT2D eigenvalue weighted by Gasteiger charge is 2.16. The van der Waals surface area contributed by atoms with Crippen LogP contribution >= 0.6 is 0 Å². The fourth-order valence-corrected chi connectivity index (χ4v) is 2.05. The molecule has 1 aromatic heterocycles. The molecule has 4 heteroatoms. The molecule has 0 amide bonds. The van der Waals surface area contributed by atoms with Crippen LogP contribution in [0, 0.1) is 6.92 Å². The summed E-state index contributed by atoms with van der Waals surface area (Å²) in [6, 6.07) is 8.96. The first-order valence-electron chi connectivity index (χ1n) is 5.66. The van der Waals surface area contributed by atoms with E-state index in [2.05, 4.69) is 0 Å². The molecule has 0 unspecified atom stereocenters. The quantitative estimate of drug-likeness (QED) is 0.899. The molecule has 0 bridgehead atoms. The predicted molar refractivity (Wildman–Crippen MR) is 69.0 cm³/mol. The highest BCUT2D eigenvalue weighted by atomic mass is 16.4. The second-order valence-electron chi connectivity index (χ2n) is 4.21. The van der Waals surface area contributed by atoms with E-state index in [0.29, 0.717) is 12.1 Å². The minimum atomic E-state index is -0.917. The number of hydrogen-bond donors (Lipinski definition) is 1. The van der Waals surface area contributed by atoms with Crippen molar-refractivity contribution < 1.29 is 14.3 Å². The summed E-state index contributed by atoms with van der Waals surface area (Å²) in [5.41, 5.74) is 1.97. The molecule has 0 atom stereocenters. The molecule has 1 heterocycles. The fourth-order valence-electron chi connectivity index (χ4n) is 2.05. The number of nitrogens with zero attached hydrogens (tertiary/aromatic N) is 1. The molecule has 0 radical (unpaired) electrons. The molecule has 0 aliphatic heterocycles. The van der Waals surface area contributed by atoms with Gasteiger partial charge in [0.05, 0.1) is 24.1 Å². The Bertz CT molecular complexity index is 546. The Balaban J connectivity index is 2.34. The average molecular weight is 245 g/mol. The SMILES string of the molecule is Cc1cccc(C(=O)O)c1N(C)Cc1ccco1. The van der Waals surface area contributed by atoms with Gasteiger partial charge >= 0.3 is 5.97 Å². The number of hydrogen-bond acceptors (Lipinski definition) is 3. The number of carboxylic acid groups (broad SMARTS) is 1. The van der Waals surface area contributed by atoms with Crippen LogP contribution in [0.1, 0.15) is 21.7 Å². The first kappa shape index (κ1) is 12.2. The van der Waals surface area contributed by atoms with Gasteiger partial charge in [0.15, 0.2) is 0 Å². The van der Waals surface area contributed by atoms with Crippen molar-refractivity contribution in [1.82, 2.24) is 0 Å². The number of aromatic carboxylic acids is 1. The van der Waals surface area contributed by atoms with Crippen LogP contribution in [0.25, 0.3) is 0 Å². The maximum absolute atomic E-state index is 11.2. The number of benzene rings is 1. The van der Waals surface area contributed by atoms with Gasteiger partial charge in [0.1, 0.15) is 5.76 Å². The lowest BCUT2D eigenvalue weighted by molar-refractivity contribution is 0.0697. The van der Waals surface area contributed by atoms with Crippen molar-refractivity contribution in [1.29, 1.82) is 0 Å². The molecule has 0 aliphatic rings. The second kappa shape index (κ2) is 4.96. The monoisotopic (exact) mass is 245 g/mol. The third-order valence-electron chi connectivity index (χ3n) is 2.82. The predicted octanol–water partition coefficient (Wildman–Crippen LogP) is 2.92. The largest absolute Gasteiger partial charge is 0.478 e. The number of carboxylic acids is 1. The molecule has 0 saturated heterocycles. The van der Waals surface area contributed by atoms with Crippen molar-refractivity contribution in [2.24, 2.45) is 0 Å². The van der Waals surface area contributed by atoms with E-state index < -0.39 is 5.97 Å². The van der Waals surface area contributed by atoms with E-state index >= 15 is 0 Å². The smallest absolute Gasteiger partial charge is 0.337 e. The molecule has 18 heavy (non-hydrogen) atoms. The average Bonchev–Trinajstić information content (AvgIpc) is 2.81. The summed E-state index contributed by atoms with van der Waals surface area (Å²) in [7, 11) is 1.86. The summed E-state index contributed by atoms with van der Waals surface area (Å²) < 4.78 is 5.28. The van der Waals surface area contributed by atoms with Gasteiger partial charge in [0.2, 0.25) is 0 Å². The molecule has 0 saturated carbocycles. The Labute approximate surface area is 105 Å². The van der Waals surface area contributed by atoms with Gasteiger partial charge in [0, 0.05) is 7.05 Å².